The number of nitrogens with zero attached hydrogens (tertiary/aromatic N) is 1. The van der Waals surface area contributed by atoms with E-state index in [1.165, 1.54) is 4.31 Å². The predicted octanol–water partition coefficient (Wildman–Crippen LogP) is 1.64. The largest absolute Gasteiger partial charge is 0.326 e. The van der Waals surface area contributed by atoms with Crippen LogP contribution >= 0.6 is 0 Å². The number of benzene rings is 1. The second-order valence-corrected chi connectivity index (χ2v) is 7.49. The highest BCUT2D eigenvalue weighted by atomic mass is 32.2. The summed E-state index contributed by atoms with van der Waals surface area (Å²) in [6, 6.07) is 7.69. The molecule has 0 radical (unpaired) electrons. The summed E-state index contributed by atoms with van der Waals surface area (Å²) in [5.74, 6) is -0.0525. The van der Waals surface area contributed by atoms with E-state index in [2.05, 4.69) is 19.2 Å². The quantitative estimate of drug-likeness (QED) is 0.918. The fraction of sp³-hybridized carbons (Fsp3) is 0.500. The topological polar surface area (TPSA) is 66.5 Å². The molecule has 1 saturated heterocycles. The Balaban J connectivity index is 2.01. The number of rotatable bonds is 4. The molecule has 0 bridgehead atoms. The van der Waals surface area contributed by atoms with E-state index in [0.29, 0.717) is 5.92 Å². The number of nitrogens with one attached hydrogen (secondary N) is 1. The Morgan fingerprint density at radius 1 is 1.30 bits per heavy atom. The van der Waals surface area contributed by atoms with Gasteiger partial charge >= 0.3 is 0 Å². The summed E-state index contributed by atoms with van der Waals surface area (Å²) >= 11 is 0. The van der Waals surface area contributed by atoms with Crippen LogP contribution in [0.25, 0.3) is 0 Å². The lowest BCUT2D eigenvalue weighted by molar-refractivity contribution is -0.122. The monoisotopic (exact) mass is 296 g/mol. The van der Waals surface area contributed by atoms with Crippen LogP contribution in [0.3, 0.4) is 0 Å². The van der Waals surface area contributed by atoms with Crippen molar-refractivity contribution in [2.45, 2.75) is 19.8 Å². The fourth-order valence-electron chi connectivity index (χ4n) is 2.22. The molecule has 0 atom stereocenters. The summed E-state index contributed by atoms with van der Waals surface area (Å²) in [4.78, 5) is 12.1. The van der Waals surface area contributed by atoms with E-state index in [-0.39, 0.29) is 24.9 Å². The summed E-state index contributed by atoms with van der Waals surface area (Å²) in [7, 11) is -3.17. The molecular weight excluding hydrogens is 276 g/mol. The second-order valence-electron chi connectivity index (χ2n) is 5.51. The van der Waals surface area contributed by atoms with Crippen molar-refractivity contribution >= 4 is 21.6 Å². The maximum atomic E-state index is 12.1. The van der Waals surface area contributed by atoms with Gasteiger partial charge in [-0.3, -0.25) is 4.79 Å². The van der Waals surface area contributed by atoms with Crippen LogP contribution in [-0.2, 0) is 14.8 Å². The Kier molecular flexibility index (Phi) is 4.15. The Bertz CT molecular complexity index is 605. The molecule has 1 amide bonds. The van der Waals surface area contributed by atoms with Crippen LogP contribution < -0.4 is 5.32 Å². The van der Waals surface area contributed by atoms with E-state index < -0.39 is 10.0 Å². The van der Waals surface area contributed by atoms with Gasteiger partial charge in [-0.05, 0) is 17.5 Å². The SMILES string of the molecule is CC(C)c1ccccc1NC(=O)C1CN(S(C)(=O)=O)C1. The van der Waals surface area contributed by atoms with Gasteiger partial charge in [0.1, 0.15) is 0 Å². The summed E-state index contributed by atoms with van der Waals surface area (Å²) in [5.41, 5.74) is 1.89. The molecule has 110 valence electrons. The summed E-state index contributed by atoms with van der Waals surface area (Å²) in [5, 5.41) is 2.91. The van der Waals surface area contributed by atoms with Gasteiger partial charge in [0.15, 0.2) is 0 Å². The number of anilines is 1. The molecule has 1 aromatic rings. The van der Waals surface area contributed by atoms with Crippen LogP contribution in [-0.4, -0.2) is 38.0 Å². The third kappa shape index (κ3) is 3.19. The second kappa shape index (κ2) is 5.54. The van der Waals surface area contributed by atoms with Crippen LogP contribution in [0.5, 0.6) is 0 Å². The first-order valence-electron chi connectivity index (χ1n) is 6.64. The van der Waals surface area contributed by atoms with Crippen LogP contribution in [0, 0.1) is 5.92 Å². The molecule has 0 aliphatic carbocycles. The van der Waals surface area contributed by atoms with Gasteiger partial charge < -0.3 is 5.32 Å². The molecular formula is C14H20N2O3S. The lowest BCUT2D eigenvalue weighted by Gasteiger charge is -2.36. The van der Waals surface area contributed by atoms with Gasteiger partial charge in [-0.2, -0.15) is 0 Å². The summed E-state index contributed by atoms with van der Waals surface area (Å²) in [6.45, 7) is 4.68. The standard InChI is InChI=1S/C14H20N2O3S/c1-10(2)12-6-4-5-7-13(12)15-14(17)11-8-16(9-11)20(3,18)19/h4-7,10-11H,8-9H2,1-3H3,(H,15,17). The highest BCUT2D eigenvalue weighted by Gasteiger charge is 2.37. The highest BCUT2D eigenvalue weighted by molar-refractivity contribution is 7.88. The van der Waals surface area contributed by atoms with Crippen molar-refractivity contribution in [3.05, 3.63) is 29.8 Å². The smallest absolute Gasteiger partial charge is 0.230 e. The van der Waals surface area contributed by atoms with Crippen molar-refractivity contribution < 1.29 is 13.2 Å². The lowest BCUT2D eigenvalue weighted by Crippen LogP contribution is -2.53. The van der Waals surface area contributed by atoms with E-state index in [1.54, 1.807) is 0 Å². The van der Waals surface area contributed by atoms with E-state index in [1.807, 2.05) is 24.3 Å². The maximum Gasteiger partial charge on any atom is 0.230 e. The van der Waals surface area contributed by atoms with Gasteiger partial charge in [0.05, 0.1) is 12.2 Å². The zero-order valence-corrected chi connectivity index (χ0v) is 12.8. The van der Waals surface area contributed by atoms with Crippen molar-refractivity contribution in [3.8, 4) is 0 Å². The molecule has 0 saturated carbocycles. The summed E-state index contributed by atoms with van der Waals surface area (Å²) < 4.78 is 23.9. The van der Waals surface area contributed by atoms with E-state index in [9.17, 15) is 13.2 Å². The van der Waals surface area contributed by atoms with Crippen LogP contribution in [0.15, 0.2) is 24.3 Å². The average molecular weight is 296 g/mol. The van der Waals surface area contributed by atoms with E-state index in [0.717, 1.165) is 17.5 Å². The Hall–Kier alpha value is -1.40. The minimum atomic E-state index is -3.17. The zero-order chi connectivity index (χ0) is 14.9. The number of amides is 1. The molecule has 2 rings (SSSR count). The minimum absolute atomic E-state index is 0.113. The Labute approximate surface area is 120 Å². The minimum Gasteiger partial charge on any atom is -0.326 e. The van der Waals surface area contributed by atoms with Gasteiger partial charge in [-0.15, -0.1) is 0 Å². The number of hydrogen-bond acceptors (Lipinski definition) is 3. The van der Waals surface area contributed by atoms with Crippen molar-refractivity contribution in [2.75, 3.05) is 24.7 Å². The molecule has 20 heavy (non-hydrogen) atoms. The molecule has 1 N–H and O–H groups in total. The normalized spacial score (nSPS) is 17.0. The highest BCUT2D eigenvalue weighted by Crippen LogP contribution is 2.26. The van der Waals surface area contributed by atoms with Crippen molar-refractivity contribution in [3.63, 3.8) is 0 Å². The Morgan fingerprint density at radius 2 is 1.90 bits per heavy atom. The first-order valence-corrected chi connectivity index (χ1v) is 8.48. The number of carbonyl (C=O) groups is 1. The number of hydrogen-bond donors (Lipinski definition) is 1. The molecule has 0 aromatic heterocycles. The molecule has 1 fully saturated rings. The Morgan fingerprint density at radius 3 is 2.45 bits per heavy atom. The molecule has 1 aliphatic rings. The maximum absolute atomic E-state index is 12.1. The van der Waals surface area contributed by atoms with E-state index >= 15 is 0 Å². The van der Waals surface area contributed by atoms with Gasteiger partial charge in [-0.1, -0.05) is 32.0 Å². The first kappa shape index (κ1) is 15.0. The van der Waals surface area contributed by atoms with Crippen LogP contribution in [0.1, 0.15) is 25.3 Å². The van der Waals surface area contributed by atoms with Gasteiger partial charge in [0.25, 0.3) is 0 Å². The molecule has 1 heterocycles. The molecule has 6 heteroatoms. The molecule has 1 aromatic carbocycles. The van der Waals surface area contributed by atoms with E-state index in [4.69, 9.17) is 0 Å². The number of para-hydroxylation sites is 1. The lowest BCUT2D eigenvalue weighted by atomic mass is 9.99. The van der Waals surface area contributed by atoms with Crippen molar-refractivity contribution in [2.24, 2.45) is 5.92 Å². The first-order chi connectivity index (χ1) is 9.29. The van der Waals surface area contributed by atoms with Gasteiger partial charge in [0.2, 0.25) is 15.9 Å². The predicted molar refractivity (Wildman–Crippen MR) is 79.1 cm³/mol. The van der Waals surface area contributed by atoms with Crippen LogP contribution in [0.4, 0.5) is 5.69 Å². The van der Waals surface area contributed by atoms with Crippen molar-refractivity contribution in [1.29, 1.82) is 0 Å². The molecule has 1 aliphatic heterocycles. The molecule has 0 spiro atoms. The zero-order valence-electron chi connectivity index (χ0n) is 12.0. The summed E-state index contributed by atoms with van der Waals surface area (Å²) in [6.07, 6.45) is 1.16. The number of sulfonamides is 1. The third-order valence-electron chi connectivity index (χ3n) is 3.53. The fourth-order valence-corrected chi connectivity index (χ4v) is 3.13. The molecule has 0 unspecified atom stereocenters. The molecule has 5 nitrogen and oxygen atoms in total. The van der Waals surface area contributed by atoms with Crippen molar-refractivity contribution in [1.82, 2.24) is 4.31 Å². The van der Waals surface area contributed by atoms with Gasteiger partial charge in [-0.25, -0.2) is 12.7 Å². The van der Waals surface area contributed by atoms with Gasteiger partial charge in [0, 0.05) is 18.8 Å². The van der Waals surface area contributed by atoms with Crippen LogP contribution in [0.2, 0.25) is 0 Å². The third-order valence-corrected chi connectivity index (χ3v) is 4.76. The number of carbonyl (C=O) groups excluding carboxylic acids is 1. The average Bonchev–Trinajstić information content (AvgIpc) is 2.25.